The number of hydrogen-bond acceptors (Lipinski definition) is 2. The molecule has 4 aliphatic rings. The number of allylic oxidation sites excluding steroid dienone is 1. The van der Waals surface area contributed by atoms with E-state index in [1.807, 2.05) is 12.2 Å². The molecule has 0 unspecified atom stereocenters. The van der Waals surface area contributed by atoms with Gasteiger partial charge in [0.2, 0.25) is 0 Å². The third-order valence-corrected chi connectivity index (χ3v) is 9.32. The second kappa shape index (κ2) is 5.55. The average Bonchev–Trinajstić information content (AvgIpc) is 2.81. The fourth-order valence-corrected chi connectivity index (χ4v) is 7.63. The van der Waals surface area contributed by atoms with Crippen LogP contribution in [0.1, 0.15) is 72.1 Å². The molecule has 0 aromatic rings. The molecule has 0 radical (unpaired) electrons. The Morgan fingerprint density at radius 1 is 1.24 bits per heavy atom. The Hall–Kier alpha value is -0.890. The molecule has 2 nitrogen and oxygen atoms in total. The average molecular weight is 343 g/mol. The van der Waals surface area contributed by atoms with Crippen LogP contribution < -0.4 is 0 Å². The van der Waals surface area contributed by atoms with Gasteiger partial charge in [-0.1, -0.05) is 32.4 Å². The third kappa shape index (κ3) is 2.16. The molecule has 0 aliphatic heterocycles. The van der Waals surface area contributed by atoms with Crippen molar-refractivity contribution < 1.29 is 9.90 Å². The molecule has 3 saturated carbocycles. The topological polar surface area (TPSA) is 37.3 Å². The molecule has 4 aliphatic carbocycles. The summed E-state index contributed by atoms with van der Waals surface area (Å²) < 4.78 is 0. The molecule has 0 heterocycles. The predicted molar refractivity (Wildman–Crippen MR) is 101 cm³/mol. The quantitative estimate of drug-likeness (QED) is 0.711. The summed E-state index contributed by atoms with van der Waals surface area (Å²) >= 11 is 0. The first kappa shape index (κ1) is 17.5. The van der Waals surface area contributed by atoms with E-state index in [9.17, 15) is 9.90 Å². The van der Waals surface area contributed by atoms with Crippen LogP contribution in [-0.2, 0) is 4.79 Å². The second-order valence-corrected chi connectivity index (χ2v) is 9.96. The van der Waals surface area contributed by atoms with Crippen LogP contribution in [0.15, 0.2) is 24.3 Å². The second-order valence-electron chi connectivity index (χ2n) is 9.96. The molecule has 0 bridgehead atoms. The van der Waals surface area contributed by atoms with Gasteiger partial charge in [-0.25, -0.2) is 0 Å². The molecular formula is C23H34O2. The SMILES string of the molecule is C=CC[C@]1(O)CC[C@H]2[C@@H]3CCC4=CC(=O)C[C@H](C)[C@]4(C)[C@H]3CC[C@@]21C. The monoisotopic (exact) mass is 342 g/mol. The number of carbonyl (C=O) groups is 1. The standard InChI is InChI=1S/C23H34O2/c1-5-10-23(25)12-9-19-18-7-6-16-14-17(24)13-15(2)22(16,4)20(18)8-11-21(19,23)3/h5,14-15,18-20,25H,1,6-13H2,2-4H3/t15-,18-,19-,20-,21-,22-,23-/m0/s1. The number of hydrogen-bond donors (Lipinski definition) is 1. The summed E-state index contributed by atoms with van der Waals surface area (Å²) in [5.74, 6) is 2.79. The van der Waals surface area contributed by atoms with E-state index in [4.69, 9.17) is 0 Å². The van der Waals surface area contributed by atoms with Crippen LogP contribution in [0.4, 0.5) is 0 Å². The van der Waals surface area contributed by atoms with Gasteiger partial charge < -0.3 is 5.11 Å². The van der Waals surface area contributed by atoms with Gasteiger partial charge in [0.1, 0.15) is 0 Å². The Kier molecular flexibility index (Phi) is 3.89. The minimum atomic E-state index is -0.560. The van der Waals surface area contributed by atoms with Gasteiger partial charge in [0.15, 0.2) is 5.78 Å². The Morgan fingerprint density at radius 2 is 1.96 bits per heavy atom. The molecule has 0 aromatic carbocycles. The summed E-state index contributed by atoms with van der Waals surface area (Å²) in [5.41, 5.74) is 1.10. The third-order valence-electron chi connectivity index (χ3n) is 9.32. The van der Waals surface area contributed by atoms with Gasteiger partial charge in [-0.3, -0.25) is 4.79 Å². The zero-order valence-corrected chi connectivity index (χ0v) is 16.2. The summed E-state index contributed by atoms with van der Waals surface area (Å²) in [6.45, 7) is 11.0. The fourth-order valence-electron chi connectivity index (χ4n) is 7.63. The van der Waals surface area contributed by atoms with Crippen LogP contribution in [-0.4, -0.2) is 16.5 Å². The van der Waals surface area contributed by atoms with E-state index in [0.717, 1.165) is 32.1 Å². The molecule has 7 atom stereocenters. The van der Waals surface area contributed by atoms with Gasteiger partial charge in [-0.05, 0) is 85.5 Å². The fraction of sp³-hybridized carbons (Fsp3) is 0.783. The predicted octanol–water partition coefficient (Wildman–Crippen LogP) is 5.07. The van der Waals surface area contributed by atoms with E-state index < -0.39 is 5.60 Å². The number of aliphatic hydroxyl groups is 1. The lowest BCUT2D eigenvalue weighted by Crippen LogP contribution is -2.56. The van der Waals surface area contributed by atoms with E-state index in [2.05, 4.69) is 27.4 Å². The Balaban J connectivity index is 1.70. The molecule has 4 rings (SSSR count). The minimum absolute atomic E-state index is 0.0354. The van der Waals surface area contributed by atoms with Crippen LogP contribution in [0, 0.1) is 34.5 Å². The van der Waals surface area contributed by atoms with E-state index in [-0.39, 0.29) is 10.8 Å². The maximum Gasteiger partial charge on any atom is 0.155 e. The largest absolute Gasteiger partial charge is 0.389 e. The van der Waals surface area contributed by atoms with Crippen molar-refractivity contribution in [3.63, 3.8) is 0 Å². The van der Waals surface area contributed by atoms with E-state index in [0.29, 0.717) is 35.9 Å². The van der Waals surface area contributed by atoms with Gasteiger partial charge in [0.25, 0.3) is 0 Å². The molecule has 25 heavy (non-hydrogen) atoms. The molecule has 1 N–H and O–H groups in total. The molecule has 138 valence electrons. The van der Waals surface area contributed by atoms with Gasteiger partial charge >= 0.3 is 0 Å². The first-order valence-corrected chi connectivity index (χ1v) is 10.3. The molecule has 0 amide bonds. The zero-order chi connectivity index (χ0) is 18.0. The number of carbonyl (C=O) groups excluding carboxylic acids is 1. The van der Waals surface area contributed by atoms with Gasteiger partial charge in [-0.15, -0.1) is 6.58 Å². The summed E-state index contributed by atoms with van der Waals surface area (Å²) in [4.78, 5) is 12.1. The highest BCUT2D eigenvalue weighted by molar-refractivity contribution is 5.92. The number of ketones is 1. The highest BCUT2D eigenvalue weighted by Crippen LogP contribution is 2.68. The first-order valence-electron chi connectivity index (χ1n) is 10.3. The molecule has 0 aromatic heterocycles. The number of fused-ring (bicyclic) bond motifs is 5. The van der Waals surface area contributed by atoms with Crippen LogP contribution in [0.5, 0.6) is 0 Å². The lowest BCUT2D eigenvalue weighted by molar-refractivity contribution is -0.134. The molecular weight excluding hydrogens is 308 g/mol. The van der Waals surface area contributed by atoms with Crippen LogP contribution in [0.3, 0.4) is 0 Å². The van der Waals surface area contributed by atoms with Crippen molar-refractivity contribution in [2.75, 3.05) is 0 Å². The summed E-state index contributed by atoms with van der Waals surface area (Å²) in [5, 5.41) is 11.4. The van der Waals surface area contributed by atoms with E-state index in [1.165, 1.54) is 18.4 Å². The number of rotatable bonds is 2. The normalized spacial score (nSPS) is 52.0. The highest BCUT2D eigenvalue weighted by atomic mass is 16.3. The smallest absolute Gasteiger partial charge is 0.155 e. The van der Waals surface area contributed by atoms with Gasteiger partial charge in [0.05, 0.1) is 5.60 Å². The minimum Gasteiger partial charge on any atom is -0.389 e. The van der Waals surface area contributed by atoms with Gasteiger partial charge in [-0.2, -0.15) is 0 Å². The summed E-state index contributed by atoms with van der Waals surface area (Å²) in [6.07, 6.45) is 12.0. The van der Waals surface area contributed by atoms with Crippen LogP contribution in [0.25, 0.3) is 0 Å². The Morgan fingerprint density at radius 3 is 2.68 bits per heavy atom. The first-order chi connectivity index (χ1) is 11.8. The molecule has 0 spiro atoms. The molecule has 2 heteroatoms. The van der Waals surface area contributed by atoms with Crippen molar-refractivity contribution in [2.45, 2.75) is 77.7 Å². The van der Waals surface area contributed by atoms with Crippen molar-refractivity contribution >= 4 is 5.78 Å². The zero-order valence-electron chi connectivity index (χ0n) is 16.2. The van der Waals surface area contributed by atoms with Crippen molar-refractivity contribution in [1.82, 2.24) is 0 Å². The Labute approximate surface area is 152 Å². The summed E-state index contributed by atoms with van der Waals surface area (Å²) in [6, 6.07) is 0. The van der Waals surface area contributed by atoms with Crippen molar-refractivity contribution in [3.05, 3.63) is 24.3 Å². The van der Waals surface area contributed by atoms with Crippen molar-refractivity contribution in [1.29, 1.82) is 0 Å². The Bertz CT molecular complexity index is 634. The highest BCUT2D eigenvalue weighted by Gasteiger charge is 2.64. The van der Waals surface area contributed by atoms with Crippen molar-refractivity contribution in [3.8, 4) is 0 Å². The molecule has 0 saturated heterocycles. The van der Waals surface area contributed by atoms with Crippen LogP contribution >= 0.6 is 0 Å². The van der Waals surface area contributed by atoms with Crippen LogP contribution in [0.2, 0.25) is 0 Å². The maximum absolute atomic E-state index is 12.1. The van der Waals surface area contributed by atoms with Gasteiger partial charge in [0, 0.05) is 6.42 Å². The molecule has 3 fully saturated rings. The van der Waals surface area contributed by atoms with Crippen molar-refractivity contribution in [2.24, 2.45) is 34.5 Å². The maximum atomic E-state index is 12.1. The summed E-state index contributed by atoms with van der Waals surface area (Å²) in [7, 11) is 0. The van der Waals surface area contributed by atoms with E-state index in [1.54, 1.807) is 0 Å². The lowest BCUT2D eigenvalue weighted by atomic mass is 9.44. The van der Waals surface area contributed by atoms with E-state index >= 15 is 0 Å². The lowest BCUT2D eigenvalue weighted by Gasteiger charge is -2.60.